The summed E-state index contributed by atoms with van der Waals surface area (Å²) < 4.78 is 0. The van der Waals surface area contributed by atoms with Crippen LogP contribution < -0.4 is 0 Å². The molecule has 64 valence electrons. The lowest BCUT2D eigenvalue weighted by Crippen LogP contribution is -1.75. The Morgan fingerprint density at radius 3 is 2.27 bits per heavy atom. The summed E-state index contributed by atoms with van der Waals surface area (Å²) in [6.07, 6.45) is 7.70. The molecule has 11 heavy (non-hydrogen) atoms. The molecule has 0 fully saturated rings. The second-order valence-corrected chi connectivity index (χ2v) is 1.93. The Hall–Kier alpha value is -0.430. The van der Waals surface area contributed by atoms with Crippen molar-refractivity contribution in [1.29, 1.82) is 0 Å². The average Bonchev–Trinajstić information content (AvgIpc) is 2.10. The standard InChI is InChI=1S/C8H12S.C2H6/c1-3-5-6-8(4-2)7-9;1-2/h3-6,9H,1,7H2,2H3;1-2H3/b6-5-,8-4+;. The molecule has 0 aliphatic carbocycles. The molecule has 0 bridgehead atoms. The topological polar surface area (TPSA) is 0 Å². The zero-order valence-corrected chi connectivity index (χ0v) is 8.57. The monoisotopic (exact) mass is 170 g/mol. The summed E-state index contributed by atoms with van der Waals surface area (Å²) in [5.74, 6) is 0.792. The smallest absolute Gasteiger partial charge is 0.0151 e. The summed E-state index contributed by atoms with van der Waals surface area (Å²) >= 11 is 4.11. The molecule has 0 heterocycles. The second-order valence-electron chi connectivity index (χ2n) is 1.62. The van der Waals surface area contributed by atoms with Gasteiger partial charge in [0.15, 0.2) is 0 Å². The predicted octanol–water partition coefficient (Wildman–Crippen LogP) is 3.63. The van der Waals surface area contributed by atoms with Crippen LogP contribution in [0.1, 0.15) is 20.8 Å². The zero-order chi connectivity index (χ0) is 9.11. The van der Waals surface area contributed by atoms with Gasteiger partial charge in [-0.25, -0.2) is 0 Å². The summed E-state index contributed by atoms with van der Waals surface area (Å²) in [7, 11) is 0. The first-order valence-electron chi connectivity index (χ1n) is 3.90. The molecule has 0 aromatic heterocycles. The van der Waals surface area contributed by atoms with E-state index in [9.17, 15) is 0 Å². The van der Waals surface area contributed by atoms with Gasteiger partial charge in [0.05, 0.1) is 0 Å². The highest BCUT2D eigenvalue weighted by atomic mass is 32.1. The van der Waals surface area contributed by atoms with Crippen LogP contribution >= 0.6 is 12.6 Å². The van der Waals surface area contributed by atoms with Gasteiger partial charge in [-0.1, -0.05) is 44.7 Å². The molecule has 0 amide bonds. The molecule has 1 heteroatoms. The molecule has 0 aromatic carbocycles. The third-order valence-electron chi connectivity index (χ3n) is 1.000. The highest BCUT2D eigenvalue weighted by Gasteiger charge is 1.80. The van der Waals surface area contributed by atoms with E-state index in [4.69, 9.17) is 0 Å². The van der Waals surface area contributed by atoms with E-state index in [-0.39, 0.29) is 0 Å². The van der Waals surface area contributed by atoms with E-state index < -0.39 is 0 Å². The van der Waals surface area contributed by atoms with Crippen LogP contribution in [0.4, 0.5) is 0 Å². The van der Waals surface area contributed by atoms with Crippen LogP contribution in [0.15, 0.2) is 36.5 Å². The van der Waals surface area contributed by atoms with Crippen LogP contribution in [0.5, 0.6) is 0 Å². The molecule has 0 saturated heterocycles. The summed E-state index contributed by atoms with van der Waals surface area (Å²) in [6, 6.07) is 0. The van der Waals surface area contributed by atoms with Crippen molar-refractivity contribution in [3.63, 3.8) is 0 Å². The minimum absolute atomic E-state index is 0.792. The van der Waals surface area contributed by atoms with Crippen LogP contribution in [0.25, 0.3) is 0 Å². The normalized spacial score (nSPS) is 10.7. The largest absolute Gasteiger partial charge is 0.175 e. The van der Waals surface area contributed by atoms with Crippen molar-refractivity contribution in [2.45, 2.75) is 20.8 Å². The molecule has 0 unspecified atom stereocenters. The Bertz CT molecular complexity index is 132. The van der Waals surface area contributed by atoms with Gasteiger partial charge in [0.25, 0.3) is 0 Å². The van der Waals surface area contributed by atoms with Gasteiger partial charge < -0.3 is 0 Å². The van der Waals surface area contributed by atoms with Crippen LogP contribution in [0.3, 0.4) is 0 Å². The van der Waals surface area contributed by atoms with E-state index in [0.29, 0.717) is 0 Å². The minimum atomic E-state index is 0.792. The van der Waals surface area contributed by atoms with Crippen molar-refractivity contribution in [3.05, 3.63) is 36.5 Å². The van der Waals surface area contributed by atoms with Crippen molar-refractivity contribution >= 4 is 12.6 Å². The number of hydrogen-bond acceptors (Lipinski definition) is 1. The van der Waals surface area contributed by atoms with Gasteiger partial charge >= 0.3 is 0 Å². The summed E-state index contributed by atoms with van der Waals surface area (Å²) in [5, 5.41) is 0. The first-order chi connectivity index (χ1) is 5.35. The fourth-order valence-electron chi connectivity index (χ4n) is 0.432. The Kier molecular flexibility index (Phi) is 14.7. The summed E-state index contributed by atoms with van der Waals surface area (Å²) in [6.45, 7) is 9.56. The summed E-state index contributed by atoms with van der Waals surface area (Å²) in [5.41, 5.74) is 1.22. The SMILES string of the molecule is C=C/C=C\C(=C/C)CS.CC. The van der Waals surface area contributed by atoms with Gasteiger partial charge in [-0.05, 0) is 12.5 Å². The third kappa shape index (κ3) is 9.57. The molecular weight excluding hydrogens is 152 g/mol. The number of thiol groups is 1. The lowest BCUT2D eigenvalue weighted by molar-refractivity contribution is 1.50. The number of hydrogen-bond donors (Lipinski definition) is 1. The minimum Gasteiger partial charge on any atom is -0.175 e. The Morgan fingerprint density at radius 2 is 2.00 bits per heavy atom. The first kappa shape index (κ1) is 13.2. The van der Waals surface area contributed by atoms with Crippen molar-refractivity contribution in [2.24, 2.45) is 0 Å². The maximum atomic E-state index is 4.11. The second kappa shape index (κ2) is 12.3. The maximum absolute atomic E-state index is 4.11. The molecule has 0 aliphatic rings. The highest BCUT2D eigenvalue weighted by molar-refractivity contribution is 7.80. The molecule has 0 spiro atoms. The van der Waals surface area contributed by atoms with E-state index in [0.717, 1.165) is 5.75 Å². The lowest BCUT2D eigenvalue weighted by Gasteiger charge is -1.89. The van der Waals surface area contributed by atoms with Crippen molar-refractivity contribution in [1.82, 2.24) is 0 Å². The fourth-order valence-corrected chi connectivity index (χ4v) is 0.720. The molecule has 0 nitrogen and oxygen atoms in total. The van der Waals surface area contributed by atoms with Crippen molar-refractivity contribution < 1.29 is 0 Å². The van der Waals surface area contributed by atoms with Crippen LogP contribution in [-0.4, -0.2) is 5.75 Å². The highest BCUT2D eigenvalue weighted by Crippen LogP contribution is 1.98. The summed E-state index contributed by atoms with van der Waals surface area (Å²) in [4.78, 5) is 0. The number of rotatable bonds is 3. The average molecular weight is 170 g/mol. The molecule has 0 atom stereocenters. The van der Waals surface area contributed by atoms with E-state index in [2.05, 4.69) is 19.2 Å². The van der Waals surface area contributed by atoms with Crippen molar-refractivity contribution in [3.8, 4) is 0 Å². The molecule has 0 aliphatic heterocycles. The maximum Gasteiger partial charge on any atom is 0.0151 e. The lowest BCUT2D eigenvalue weighted by atomic mass is 10.2. The van der Waals surface area contributed by atoms with Gasteiger partial charge in [-0.2, -0.15) is 12.6 Å². The van der Waals surface area contributed by atoms with Crippen LogP contribution in [-0.2, 0) is 0 Å². The molecule has 0 aromatic rings. The first-order valence-corrected chi connectivity index (χ1v) is 4.53. The Labute approximate surface area is 76.1 Å². The molecular formula is C10H18S. The fraction of sp³-hybridized carbons (Fsp3) is 0.400. The quantitative estimate of drug-likeness (QED) is 0.485. The van der Waals surface area contributed by atoms with Crippen molar-refractivity contribution in [2.75, 3.05) is 5.75 Å². The Balaban J connectivity index is 0. The van der Waals surface area contributed by atoms with Crippen LogP contribution in [0.2, 0.25) is 0 Å². The van der Waals surface area contributed by atoms with E-state index in [1.165, 1.54) is 5.57 Å². The predicted molar refractivity (Wildman–Crippen MR) is 58.3 cm³/mol. The van der Waals surface area contributed by atoms with E-state index in [1.54, 1.807) is 6.08 Å². The van der Waals surface area contributed by atoms with E-state index in [1.807, 2.05) is 39.0 Å². The van der Waals surface area contributed by atoms with Crippen LogP contribution in [0, 0.1) is 0 Å². The van der Waals surface area contributed by atoms with Gasteiger partial charge in [0.2, 0.25) is 0 Å². The van der Waals surface area contributed by atoms with Gasteiger partial charge in [-0.15, -0.1) is 0 Å². The molecule has 0 radical (unpaired) electrons. The third-order valence-corrected chi connectivity index (χ3v) is 1.36. The van der Waals surface area contributed by atoms with E-state index >= 15 is 0 Å². The van der Waals surface area contributed by atoms with Gasteiger partial charge in [0, 0.05) is 5.75 Å². The number of allylic oxidation sites excluding steroid dienone is 4. The van der Waals surface area contributed by atoms with Gasteiger partial charge in [0.1, 0.15) is 0 Å². The molecule has 0 saturated carbocycles. The Morgan fingerprint density at radius 1 is 1.45 bits per heavy atom. The zero-order valence-electron chi connectivity index (χ0n) is 7.67. The molecule has 0 rings (SSSR count). The van der Waals surface area contributed by atoms with Gasteiger partial charge in [-0.3, -0.25) is 0 Å². The molecule has 0 N–H and O–H groups in total.